The number of methoxy groups -OCH3 is 2. The molecule has 0 radical (unpaired) electrons. The summed E-state index contributed by atoms with van der Waals surface area (Å²) < 4.78 is 47.3. The summed E-state index contributed by atoms with van der Waals surface area (Å²) in [6.07, 6.45) is -4.79. The Morgan fingerprint density at radius 2 is 1.94 bits per heavy atom. The van der Waals surface area contributed by atoms with E-state index in [-0.39, 0.29) is 5.75 Å². The monoisotopic (exact) mass is 259 g/mol. The Balaban J connectivity index is 3.64. The molecule has 1 aromatic carbocycles. The number of nitrogens with zero attached hydrogens (tertiary/aromatic N) is 1. The van der Waals surface area contributed by atoms with Gasteiger partial charge < -0.3 is 9.47 Å². The number of hydrogen-bond donors (Lipinski definition) is 0. The van der Waals surface area contributed by atoms with E-state index in [1.165, 1.54) is 6.07 Å². The van der Waals surface area contributed by atoms with Crippen LogP contribution in [0, 0.1) is 11.3 Å². The lowest BCUT2D eigenvalue weighted by Gasteiger charge is -2.14. The molecule has 0 N–H and O–H groups in total. The average molecular weight is 259 g/mol. The van der Waals surface area contributed by atoms with E-state index in [0.717, 1.165) is 20.3 Å². The third-order valence-electron chi connectivity index (χ3n) is 2.16. The standard InChI is InChI=1S/C11H8F3NO3/c1-17-7-3-6(5-15)9(10(16)18-2)8(4-7)11(12,13)14/h3-4H,1-2H3. The van der Waals surface area contributed by atoms with Crippen LogP contribution in [0.3, 0.4) is 0 Å². The van der Waals surface area contributed by atoms with Gasteiger partial charge in [0.25, 0.3) is 0 Å². The summed E-state index contributed by atoms with van der Waals surface area (Å²) in [5.74, 6) is -1.38. The molecule has 7 heteroatoms. The summed E-state index contributed by atoms with van der Waals surface area (Å²) in [6.45, 7) is 0. The van der Waals surface area contributed by atoms with Gasteiger partial charge in [-0.25, -0.2) is 4.79 Å². The third-order valence-corrected chi connectivity index (χ3v) is 2.16. The van der Waals surface area contributed by atoms with E-state index >= 15 is 0 Å². The summed E-state index contributed by atoms with van der Waals surface area (Å²) in [5.41, 5.74) is -2.52. The molecular weight excluding hydrogens is 251 g/mol. The minimum Gasteiger partial charge on any atom is -0.497 e. The Kier molecular flexibility index (Phi) is 3.81. The quantitative estimate of drug-likeness (QED) is 0.765. The number of nitriles is 1. The smallest absolute Gasteiger partial charge is 0.417 e. The van der Waals surface area contributed by atoms with Gasteiger partial charge >= 0.3 is 12.1 Å². The van der Waals surface area contributed by atoms with E-state index in [0.29, 0.717) is 6.07 Å². The molecule has 0 aliphatic rings. The Hall–Kier alpha value is -2.23. The van der Waals surface area contributed by atoms with Crippen LogP contribution in [0.4, 0.5) is 13.2 Å². The highest BCUT2D eigenvalue weighted by atomic mass is 19.4. The summed E-state index contributed by atoms with van der Waals surface area (Å²) in [7, 11) is 2.10. The first-order valence-corrected chi connectivity index (χ1v) is 4.62. The van der Waals surface area contributed by atoms with Crippen molar-refractivity contribution in [2.45, 2.75) is 6.18 Å². The van der Waals surface area contributed by atoms with Gasteiger partial charge in [0.15, 0.2) is 0 Å². The summed E-state index contributed by atoms with van der Waals surface area (Å²) >= 11 is 0. The molecule has 0 aliphatic heterocycles. The van der Waals surface area contributed by atoms with Crippen molar-refractivity contribution >= 4 is 5.97 Å². The summed E-state index contributed by atoms with van der Waals surface area (Å²) in [5, 5.41) is 8.79. The van der Waals surface area contributed by atoms with Gasteiger partial charge in [-0.3, -0.25) is 0 Å². The van der Waals surface area contributed by atoms with Crippen molar-refractivity contribution in [3.63, 3.8) is 0 Å². The second-order valence-corrected chi connectivity index (χ2v) is 3.20. The fraction of sp³-hybridized carbons (Fsp3) is 0.273. The van der Waals surface area contributed by atoms with Crippen molar-refractivity contribution in [1.29, 1.82) is 5.26 Å². The Morgan fingerprint density at radius 1 is 1.33 bits per heavy atom. The Morgan fingerprint density at radius 3 is 2.33 bits per heavy atom. The highest BCUT2D eigenvalue weighted by Crippen LogP contribution is 2.36. The van der Waals surface area contributed by atoms with Gasteiger partial charge in [-0.1, -0.05) is 0 Å². The van der Waals surface area contributed by atoms with Crippen LogP contribution in [0.2, 0.25) is 0 Å². The molecule has 96 valence electrons. The minimum atomic E-state index is -4.79. The lowest BCUT2D eigenvalue weighted by molar-refractivity contribution is -0.138. The molecule has 0 aliphatic carbocycles. The maximum absolute atomic E-state index is 12.8. The number of carbonyl (C=O) groups excluding carboxylic acids is 1. The van der Waals surface area contributed by atoms with Crippen LogP contribution in [0.5, 0.6) is 5.75 Å². The molecule has 0 amide bonds. The largest absolute Gasteiger partial charge is 0.497 e. The Bertz CT molecular complexity index is 517. The van der Waals surface area contributed by atoms with Gasteiger partial charge in [-0.2, -0.15) is 18.4 Å². The molecule has 0 aromatic heterocycles. The maximum atomic E-state index is 12.8. The third kappa shape index (κ3) is 2.53. The maximum Gasteiger partial charge on any atom is 0.417 e. The molecule has 0 heterocycles. The van der Waals surface area contributed by atoms with E-state index in [1.807, 2.05) is 0 Å². The molecule has 4 nitrogen and oxygen atoms in total. The molecule has 0 spiro atoms. The topological polar surface area (TPSA) is 59.3 Å². The summed E-state index contributed by atoms with van der Waals surface area (Å²) in [6, 6.07) is 3.21. The fourth-order valence-corrected chi connectivity index (χ4v) is 1.37. The zero-order valence-corrected chi connectivity index (χ0v) is 9.46. The van der Waals surface area contributed by atoms with Gasteiger partial charge in [0.1, 0.15) is 11.8 Å². The van der Waals surface area contributed by atoms with Crippen LogP contribution < -0.4 is 4.74 Å². The molecule has 1 aromatic rings. The van der Waals surface area contributed by atoms with Crippen molar-refractivity contribution in [1.82, 2.24) is 0 Å². The second-order valence-electron chi connectivity index (χ2n) is 3.20. The number of benzene rings is 1. The van der Waals surface area contributed by atoms with Crippen LogP contribution in [0.1, 0.15) is 21.5 Å². The van der Waals surface area contributed by atoms with Gasteiger partial charge in [-0.05, 0) is 12.1 Å². The van der Waals surface area contributed by atoms with Crippen LogP contribution in [-0.4, -0.2) is 20.2 Å². The molecule has 0 fully saturated rings. The SMILES string of the molecule is COC(=O)c1c(C#N)cc(OC)cc1C(F)(F)F. The second kappa shape index (κ2) is 4.96. The normalized spacial score (nSPS) is 10.7. The van der Waals surface area contributed by atoms with Gasteiger partial charge in [0, 0.05) is 0 Å². The number of esters is 1. The first-order valence-electron chi connectivity index (χ1n) is 4.62. The first kappa shape index (κ1) is 13.8. The molecule has 18 heavy (non-hydrogen) atoms. The predicted octanol–water partition coefficient (Wildman–Crippen LogP) is 2.37. The van der Waals surface area contributed by atoms with E-state index in [4.69, 9.17) is 5.26 Å². The Labute approximate surface area is 101 Å². The van der Waals surface area contributed by atoms with E-state index in [9.17, 15) is 18.0 Å². The van der Waals surface area contributed by atoms with Gasteiger partial charge in [0.2, 0.25) is 0 Å². The zero-order chi connectivity index (χ0) is 13.9. The molecular formula is C11H8F3NO3. The van der Waals surface area contributed by atoms with Crippen molar-refractivity contribution in [2.24, 2.45) is 0 Å². The summed E-state index contributed by atoms with van der Waals surface area (Å²) in [4.78, 5) is 11.3. The van der Waals surface area contributed by atoms with E-state index < -0.39 is 28.8 Å². The van der Waals surface area contributed by atoms with Crippen molar-refractivity contribution in [3.05, 3.63) is 28.8 Å². The highest BCUT2D eigenvalue weighted by Gasteiger charge is 2.38. The number of ether oxygens (including phenoxy) is 2. The zero-order valence-electron chi connectivity index (χ0n) is 9.46. The van der Waals surface area contributed by atoms with Crippen molar-refractivity contribution in [3.8, 4) is 11.8 Å². The number of hydrogen-bond acceptors (Lipinski definition) is 4. The molecule has 0 atom stereocenters. The fourth-order valence-electron chi connectivity index (χ4n) is 1.37. The van der Waals surface area contributed by atoms with Crippen LogP contribution in [0.15, 0.2) is 12.1 Å². The van der Waals surface area contributed by atoms with Crippen LogP contribution in [0.25, 0.3) is 0 Å². The minimum absolute atomic E-state index is 0.161. The number of carbonyl (C=O) groups is 1. The average Bonchev–Trinajstić information content (AvgIpc) is 2.34. The van der Waals surface area contributed by atoms with Gasteiger partial charge in [0.05, 0.1) is 30.9 Å². The highest BCUT2D eigenvalue weighted by molar-refractivity contribution is 5.94. The predicted molar refractivity (Wildman–Crippen MR) is 54.1 cm³/mol. The van der Waals surface area contributed by atoms with Crippen LogP contribution >= 0.6 is 0 Å². The molecule has 1 rings (SSSR count). The van der Waals surface area contributed by atoms with Crippen molar-refractivity contribution < 1.29 is 27.4 Å². The number of alkyl halides is 3. The van der Waals surface area contributed by atoms with E-state index in [1.54, 1.807) is 0 Å². The molecule has 0 unspecified atom stereocenters. The van der Waals surface area contributed by atoms with Gasteiger partial charge in [-0.15, -0.1) is 0 Å². The first-order chi connectivity index (χ1) is 8.35. The van der Waals surface area contributed by atoms with E-state index in [2.05, 4.69) is 9.47 Å². The molecule has 0 saturated heterocycles. The van der Waals surface area contributed by atoms with Crippen molar-refractivity contribution in [2.75, 3.05) is 14.2 Å². The lowest BCUT2D eigenvalue weighted by atomic mass is 10.0. The lowest BCUT2D eigenvalue weighted by Crippen LogP contribution is -2.16. The number of halogens is 3. The molecule has 0 bridgehead atoms. The van der Waals surface area contributed by atoms with Crippen LogP contribution in [-0.2, 0) is 10.9 Å². The molecule has 0 saturated carbocycles. The number of rotatable bonds is 2.